The van der Waals surface area contributed by atoms with Crippen LogP contribution in [-0.2, 0) is 16.4 Å². The third-order valence-electron chi connectivity index (χ3n) is 4.73. The third kappa shape index (κ3) is 3.60. The fourth-order valence-corrected chi connectivity index (χ4v) is 4.80. The summed E-state index contributed by atoms with van der Waals surface area (Å²) in [6.07, 6.45) is 1.25. The lowest BCUT2D eigenvalue weighted by Crippen LogP contribution is -2.41. The number of nitrogens with zero attached hydrogens (tertiary/aromatic N) is 2. The first-order chi connectivity index (χ1) is 10.2. The molecule has 0 bridgehead atoms. The van der Waals surface area contributed by atoms with Crippen molar-refractivity contribution in [2.24, 2.45) is 0 Å². The van der Waals surface area contributed by atoms with Gasteiger partial charge in [0.25, 0.3) is 0 Å². The van der Waals surface area contributed by atoms with Crippen molar-refractivity contribution in [1.82, 2.24) is 9.47 Å². The largest absolute Gasteiger partial charge is 0.349 e. The zero-order chi connectivity index (χ0) is 16.5. The summed E-state index contributed by atoms with van der Waals surface area (Å²) in [4.78, 5) is 14.6. The van der Waals surface area contributed by atoms with Crippen molar-refractivity contribution in [2.75, 3.05) is 25.1 Å². The maximum Gasteiger partial charge on any atom is 0.178 e. The minimum atomic E-state index is -2.86. The number of likely N-dealkylation sites (N-methyl/N-ethyl adjacent to an activating group) is 1. The van der Waals surface area contributed by atoms with E-state index in [4.69, 9.17) is 0 Å². The standard InChI is InChI=1S/C16H26N2O3S/c1-5-18-12(2)10-15(13(18)3)16(19)11-17(4)14-6-8-22(20,21)9-7-14/h10,14H,5-9,11H2,1-4H3. The molecule has 0 atom stereocenters. The molecule has 1 aliphatic rings. The van der Waals surface area contributed by atoms with Crippen molar-refractivity contribution in [1.29, 1.82) is 0 Å². The fraction of sp³-hybridized carbons (Fsp3) is 0.688. The fourth-order valence-electron chi connectivity index (χ4n) is 3.33. The molecule has 1 aromatic rings. The van der Waals surface area contributed by atoms with Gasteiger partial charge in [-0.1, -0.05) is 0 Å². The Morgan fingerprint density at radius 1 is 1.32 bits per heavy atom. The Bertz CT molecular complexity index is 647. The molecule has 0 aromatic carbocycles. The average Bonchev–Trinajstić information content (AvgIpc) is 2.73. The molecular weight excluding hydrogens is 300 g/mol. The molecule has 0 unspecified atom stereocenters. The normalized spacial score (nSPS) is 18.8. The molecule has 124 valence electrons. The van der Waals surface area contributed by atoms with E-state index in [1.54, 1.807) is 0 Å². The molecule has 2 rings (SSSR count). The van der Waals surface area contributed by atoms with Gasteiger partial charge in [0.05, 0.1) is 18.1 Å². The molecule has 0 aliphatic carbocycles. The van der Waals surface area contributed by atoms with Gasteiger partial charge in [-0.25, -0.2) is 8.42 Å². The predicted molar refractivity (Wildman–Crippen MR) is 88.2 cm³/mol. The van der Waals surface area contributed by atoms with Gasteiger partial charge in [0, 0.05) is 29.5 Å². The zero-order valence-corrected chi connectivity index (χ0v) is 14.7. The van der Waals surface area contributed by atoms with Gasteiger partial charge in [-0.15, -0.1) is 0 Å². The van der Waals surface area contributed by atoms with E-state index < -0.39 is 9.84 Å². The quantitative estimate of drug-likeness (QED) is 0.775. The lowest BCUT2D eigenvalue weighted by Gasteiger charge is -2.30. The first-order valence-corrected chi connectivity index (χ1v) is 9.68. The van der Waals surface area contributed by atoms with E-state index in [1.165, 1.54) is 0 Å². The molecule has 1 saturated heterocycles. The van der Waals surface area contributed by atoms with Gasteiger partial charge in [-0.3, -0.25) is 9.69 Å². The number of aryl methyl sites for hydroxylation is 1. The number of hydrogen-bond donors (Lipinski definition) is 0. The van der Waals surface area contributed by atoms with Gasteiger partial charge in [-0.2, -0.15) is 0 Å². The summed E-state index contributed by atoms with van der Waals surface area (Å²) in [6, 6.07) is 2.14. The number of sulfone groups is 1. The van der Waals surface area contributed by atoms with Gasteiger partial charge in [0.2, 0.25) is 0 Å². The smallest absolute Gasteiger partial charge is 0.178 e. The van der Waals surface area contributed by atoms with E-state index in [2.05, 4.69) is 11.5 Å². The SMILES string of the molecule is CCn1c(C)cc(C(=O)CN(C)C2CCS(=O)(=O)CC2)c1C. The molecule has 0 N–H and O–H groups in total. The second kappa shape index (κ2) is 6.54. The van der Waals surface area contributed by atoms with Crippen molar-refractivity contribution in [3.05, 3.63) is 23.0 Å². The van der Waals surface area contributed by atoms with Crippen LogP contribution in [0.5, 0.6) is 0 Å². The van der Waals surface area contributed by atoms with E-state index in [9.17, 15) is 13.2 Å². The van der Waals surface area contributed by atoms with Crippen molar-refractivity contribution >= 4 is 15.6 Å². The molecule has 1 aromatic heterocycles. The highest BCUT2D eigenvalue weighted by Gasteiger charge is 2.27. The highest BCUT2D eigenvalue weighted by molar-refractivity contribution is 7.91. The monoisotopic (exact) mass is 326 g/mol. The predicted octanol–water partition coefficient (Wildman–Crippen LogP) is 1.82. The van der Waals surface area contributed by atoms with Crippen LogP contribution < -0.4 is 0 Å². The second-order valence-electron chi connectivity index (χ2n) is 6.25. The molecule has 6 heteroatoms. The molecule has 5 nitrogen and oxygen atoms in total. The Hall–Kier alpha value is -1.14. The van der Waals surface area contributed by atoms with Gasteiger partial charge in [-0.05, 0) is 46.7 Å². The van der Waals surface area contributed by atoms with Gasteiger partial charge >= 0.3 is 0 Å². The topological polar surface area (TPSA) is 59.4 Å². The first kappa shape index (κ1) is 17.2. The maximum absolute atomic E-state index is 12.6. The van der Waals surface area contributed by atoms with Crippen LogP contribution in [0.3, 0.4) is 0 Å². The molecule has 0 amide bonds. The summed E-state index contributed by atoms with van der Waals surface area (Å²) < 4.78 is 25.1. The van der Waals surface area contributed by atoms with E-state index in [1.807, 2.05) is 31.9 Å². The minimum Gasteiger partial charge on any atom is -0.349 e. The Balaban J connectivity index is 2.03. The molecule has 22 heavy (non-hydrogen) atoms. The van der Waals surface area contributed by atoms with E-state index in [0.29, 0.717) is 19.4 Å². The summed E-state index contributed by atoms with van der Waals surface area (Å²) in [5.74, 6) is 0.588. The van der Waals surface area contributed by atoms with Crippen molar-refractivity contribution < 1.29 is 13.2 Å². The lowest BCUT2D eigenvalue weighted by atomic mass is 10.1. The average molecular weight is 326 g/mol. The number of ketones is 1. The third-order valence-corrected chi connectivity index (χ3v) is 6.45. The summed E-state index contributed by atoms with van der Waals surface area (Å²) in [5.41, 5.74) is 2.91. The molecule has 0 spiro atoms. The van der Waals surface area contributed by atoms with Crippen LogP contribution in [0.2, 0.25) is 0 Å². The zero-order valence-electron chi connectivity index (χ0n) is 13.9. The number of carbonyl (C=O) groups excluding carboxylic acids is 1. The van der Waals surface area contributed by atoms with Crippen LogP contribution >= 0.6 is 0 Å². The number of Topliss-reactive ketones (excluding diaryl/α,β-unsaturated/α-hetero) is 1. The Labute approximate surface area is 133 Å². The van der Waals surface area contributed by atoms with E-state index in [0.717, 1.165) is 23.5 Å². The Morgan fingerprint density at radius 2 is 1.91 bits per heavy atom. The number of rotatable bonds is 5. The van der Waals surface area contributed by atoms with Crippen LogP contribution in [0.4, 0.5) is 0 Å². The second-order valence-corrected chi connectivity index (χ2v) is 8.55. The lowest BCUT2D eigenvalue weighted by molar-refractivity contribution is 0.0914. The molecule has 2 heterocycles. The van der Waals surface area contributed by atoms with Gasteiger partial charge in [0.1, 0.15) is 9.84 Å². The van der Waals surface area contributed by atoms with Crippen LogP contribution in [-0.4, -0.2) is 54.8 Å². The first-order valence-electron chi connectivity index (χ1n) is 7.85. The molecule has 1 aliphatic heterocycles. The minimum absolute atomic E-state index is 0.115. The van der Waals surface area contributed by atoms with E-state index >= 15 is 0 Å². The Morgan fingerprint density at radius 3 is 2.41 bits per heavy atom. The van der Waals surface area contributed by atoms with Gasteiger partial charge < -0.3 is 4.57 Å². The van der Waals surface area contributed by atoms with Crippen molar-refractivity contribution in [2.45, 2.75) is 46.2 Å². The molecule has 0 radical (unpaired) electrons. The summed E-state index contributed by atoms with van der Waals surface area (Å²) in [7, 11) is -0.941. The highest BCUT2D eigenvalue weighted by atomic mass is 32.2. The van der Waals surface area contributed by atoms with Crippen molar-refractivity contribution in [3.8, 4) is 0 Å². The molecular formula is C16H26N2O3S. The van der Waals surface area contributed by atoms with Crippen LogP contribution in [0.1, 0.15) is 41.5 Å². The molecule has 1 fully saturated rings. The summed E-state index contributed by atoms with van der Waals surface area (Å²) in [5, 5.41) is 0. The number of carbonyl (C=O) groups is 1. The summed E-state index contributed by atoms with van der Waals surface area (Å²) >= 11 is 0. The van der Waals surface area contributed by atoms with Crippen LogP contribution in [0.25, 0.3) is 0 Å². The number of hydrogen-bond acceptors (Lipinski definition) is 4. The Kier molecular flexibility index (Phi) is 5.12. The highest BCUT2D eigenvalue weighted by Crippen LogP contribution is 2.19. The summed E-state index contributed by atoms with van der Waals surface area (Å²) in [6.45, 7) is 7.28. The maximum atomic E-state index is 12.6. The number of aromatic nitrogens is 1. The van der Waals surface area contributed by atoms with Crippen LogP contribution in [0, 0.1) is 13.8 Å². The van der Waals surface area contributed by atoms with E-state index in [-0.39, 0.29) is 23.3 Å². The van der Waals surface area contributed by atoms with Crippen LogP contribution in [0.15, 0.2) is 6.07 Å². The van der Waals surface area contributed by atoms with Crippen molar-refractivity contribution in [3.63, 3.8) is 0 Å². The van der Waals surface area contributed by atoms with Gasteiger partial charge in [0.15, 0.2) is 5.78 Å². The molecule has 0 saturated carbocycles.